The number of rotatable bonds is 3. The zero-order chi connectivity index (χ0) is 22.4. The molecule has 154 valence electrons. The highest BCUT2D eigenvalue weighted by atomic mass is 79.9. The Bertz CT molecular complexity index is 1180. The summed E-state index contributed by atoms with van der Waals surface area (Å²) in [6, 6.07) is 20.1. The normalized spacial score (nSPS) is 30.4. The Morgan fingerprint density at radius 1 is 1.06 bits per heavy atom. The average molecular weight is 477 g/mol. The van der Waals surface area contributed by atoms with Gasteiger partial charge >= 0.3 is 0 Å². The van der Waals surface area contributed by atoms with Crippen LogP contribution < -0.4 is 4.74 Å². The highest BCUT2D eigenvalue weighted by Crippen LogP contribution is 2.69. The third kappa shape index (κ3) is 2.48. The van der Waals surface area contributed by atoms with Crippen LogP contribution in [0.2, 0.25) is 0 Å². The Morgan fingerprint density at radius 3 is 2.32 bits per heavy atom. The second kappa shape index (κ2) is 7.10. The molecular weight excluding hydrogens is 460 g/mol. The third-order valence-corrected chi connectivity index (χ3v) is 6.84. The van der Waals surface area contributed by atoms with E-state index in [9.17, 15) is 15.8 Å². The smallest absolute Gasteiger partial charge is 0.244 e. The predicted molar refractivity (Wildman–Crippen MR) is 112 cm³/mol. The topological polar surface area (TPSA) is 123 Å². The van der Waals surface area contributed by atoms with E-state index in [4.69, 9.17) is 19.6 Å². The summed E-state index contributed by atoms with van der Waals surface area (Å²) in [7, 11) is 1.51. The van der Waals surface area contributed by atoms with E-state index in [1.165, 1.54) is 7.11 Å². The Balaban J connectivity index is 2.03. The van der Waals surface area contributed by atoms with Gasteiger partial charge in [0.15, 0.2) is 5.41 Å². The van der Waals surface area contributed by atoms with Gasteiger partial charge in [-0.15, -0.1) is 0 Å². The summed E-state index contributed by atoms with van der Waals surface area (Å²) in [4.78, 5) is 0. The third-order valence-electron chi connectivity index (χ3n) is 6.31. The van der Waals surface area contributed by atoms with E-state index in [1.807, 2.05) is 12.1 Å². The minimum Gasteiger partial charge on any atom is -0.497 e. The van der Waals surface area contributed by atoms with Crippen LogP contribution in [0.15, 0.2) is 53.0 Å². The molecule has 2 aliphatic heterocycles. The summed E-state index contributed by atoms with van der Waals surface area (Å²) in [5.74, 6) is -2.26. The van der Waals surface area contributed by atoms with Crippen molar-refractivity contribution in [3.05, 3.63) is 64.1 Å². The van der Waals surface area contributed by atoms with Gasteiger partial charge in [0.2, 0.25) is 17.1 Å². The molecule has 0 spiro atoms. The van der Waals surface area contributed by atoms with E-state index in [-0.39, 0.29) is 0 Å². The monoisotopic (exact) mass is 476 g/mol. The van der Waals surface area contributed by atoms with E-state index in [0.29, 0.717) is 16.9 Å². The zero-order valence-corrected chi connectivity index (χ0v) is 18.3. The lowest BCUT2D eigenvalue weighted by molar-refractivity contribution is -0.288. The van der Waals surface area contributed by atoms with Crippen LogP contribution in [0.5, 0.6) is 5.75 Å². The van der Waals surface area contributed by atoms with E-state index in [1.54, 1.807) is 55.5 Å². The fourth-order valence-corrected chi connectivity index (χ4v) is 4.92. The predicted octanol–water partition coefficient (Wildman–Crippen LogP) is 4.57. The number of fused-ring (bicyclic) bond motifs is 2. The first-order chi connectivity index (χ1) is 14.8. The molecule has 4 unspecified atom stereocenters. The molecule has 2 aliphatic rings. The van der Waals surface area contributed by atoms with Gasteiger partial charge in [0, 0.05) is 10.0 Å². The van der Waals surface area contributed by atoms with E-state index in [0.717, 1.165) is 4.47 Å². The van der Waals surface area contributed by atoms with Crippen LogP contribution in [0.4, 0.5) is 0 Å². The molecule has 0 aromatic heterocycles. The Hall–Kier alpha value is -3.38. The van der Waals surface area contributed by atoms with Crippen molar-refractivity contribution in [2.75, 3.05) is 7.11 Å². The van der Waals surface area contributed by atoms with Gasteiger partial charge in [-0.2, -0.15) is 15.8 Å². The number of halogens is 1. The van der Waals surface area contributed by atoms with Crippen molar-refractivity contribution >= 4 is 21.8 Å². The highest BCUT2D eigenvalue weighted by molar-refractivity contribution is 9.10. The summed E-state index contributed by atoms with van der Waals surface area (Å²) < 4.78 is 18.6. The van der Waals surface area contributed by atoms with E-state index < -0.39 is 34.5 Å². The summed E-state index contributed by atoms with van der Waals surface area (Å²) in [6.07, 6.45) is -1.17. The fourth-order valence-electron chi connectivity index (χ4n) is 4.66. The van der Waals surface area contributed by atoms with Gasteiger partial charge in [-0.05, 0) is 29.8 Å². The maximum atomic E-state index is 10.3. The number of nitrogens with zero attached hydrogens (tertiary/aromatic N) is 3. The van der Waals surface area contributed by atoms with Crippen LogP contribution in [-0.4, -0.2) is 13.0 Å². The Labute approximate surface area is 188 Å². The lowest BCUT2D eigenvalue weighted by Crippen LogP contribution is -2.57. The summed E-state index contributed by atoms with van der Waals surface area (Å²) in [6.45, 7) is 1.68. The molecule has 31 heavy (non-hydrogen) atoms. The van der Waals surface area contributed by atoms with Crippen LogP contribution in [0.25, 0.3) is 0 Å². The number of hydrogen-bond donors (Lipinski definition) is 1. The van der Waals surface area contributed by atoms with Gasteiger partial charge in [0.25, 0.3) is 0 Å². The van der Waals surface area contributed by atoms with Gasteiger partial charge in [-0.3, -0.25) is 5.41 Å². The molecule has 7 nitrogen and oxygen atoms in total. The van der Waals surface area contributed by atoms with Gasteiger partial charge in [0.1, 0.15) is 11.9 Å². The van der Waals surface area contributed by atoms with Crippen LogP contribution in [0.1, 0.15) is 24.2 Å². The van der Waals surface area contributed by atoms with Crippen molar-refractivity contribution in [2.45, 2.75) is 18.8 Å². The second-order valence-corrected chi connectivity index (χ2v) is 8.47. The summed E-state index contributed by atoms with van der Waals surface area (Å²) in [5, 5.41) is 39.4. The molecule has 0 aliphatic carbocycles. The van der Waals surface area contributed by atoms with Crippen molar-refractivity contribution in [1.29, 1.82) is 21.2 Å². The fraction of sp³-hybridized carbons (Fsp3) is 0.304. The quantitative estimate of drug-likeness (QED) is 0.691. The van der Waals surface area contributed by atoms with Crippen molar-refractivity contribution in [3.63, 3.8) is 0 Å². The first kappa shape index (κ1) is 20.9. The summed E-state index contributed by atoms with van der Waals surface area (Å²) >= 11 is 3.40. The Kier molecular flexibility index (Phi) is 4.78. The van der Waals surface area contributed by atoms with Crippen molar-refractivity contribution in [2.24, 2.45) is 16.7 Å². The number of nitrogens with one attached hydrogen (secondary N) is 1. The van der Waals surface area contributed by atoms with Crippen molar-refractivity contribution in [1.82, 2.24) is 0 Å². The highest BCUT2D eigenvalue weighted by Gasteiger charge is 2.79. The molecule has 2 fully saturated rings. The summed E-state index contributed by atoms with van der Waals surface area (Å²) in [5.41, 5.74) is -2.79. The molecule has 2 aromatic carbocycles. The average Bonchev–Trinajstić information content (AvgIpc) is 2.96. The van der Waals surface area contributed by atoms with Crippen molar-refractivity contribution < 1.29 is 14.2 Å². The molecule has 2 heterocycles. The lowest BCUT2D eigenvalue weighted by Gasteiger charge is -2.48. The number of hydrogen-bond acceptors (Lipinski definition) is 7. The van der Waals surface area contributed by atoms with E-state index >= 15 is 0 Å². The molecule has 2 saturated heterocycles. The standard InChI is InChI=1S/C23H17BrN4O3/c1-14-22(13-27)20(28)31-23(14,16-6-8-17(24)9-7-16)30-19(21(22,11-25)12-26)15-4-3-5-18(10-15)29-2/h3-10,14,19,28H,1-2H3. The first-order valence-electron chi connectivity index (χ1n) is 9.45. The maximum Gasteiger partial charge on any atom is 0.244 e. The molecule has 2 aromatic rings. The largest absolute Gasteiger partial charge is 0.497 e. The first-order valence-corrected chi connectivity index (χ1v) is 10.2. The minimum atomic E-state index is -2.01. The molecule has 0 saturated carbocycles. The van der Waals surface area contributed by atoms with Crippen LogP contribution >= 0.6 is 15.9 Å². The number of benzene rings is 2. The van der Waals surface area contributed by atoms with Gasteiger partial charge < -0.3 is 14.2 Å². The molecule has 0 radical (unpaired) electrons. The molecule has 1 N–H and O–H groups in total. The zero-order valence-electron chi connectivity index (χ0n) is 16.7. The van der Waals surface area contributed by atoms with Crippen LogP contribution in [-0.2, 0) is 15.3 Å². The van der Waals surface area contributed by atoms with Gasteiger partial charge in [-0.25, -0.2) is 0 Å². The SMILES string of the molecule is COc1cccc(C2OC3(c4ccc(Br)cc4)OC(=N)C(C#N)(C3C)C2(C#N)C#N)c1. The lowest BCUT2D eigenvalue weighted by atomic mass is 9.53. The van der Waals surface area contributed by atoms with Gasteiger partial charge in [-0.1, -0.05) is 47.1 Å². The van der Waals surface area contributed by atoms with Crippen LogP contribution in [0, 0.1) is 56.2 Å². The molecule has 8 heteroatoms. The maximum absolute atomic E-state index is 10.3. The van der Waals surface area contributed by atoms with Crippen LogP contribution in [0.3, 0.4) is 0 Å². The number of nitriles is 3. The number of ether oxygens (including phenoxy) is 3. The van der Waals surface area contributed by atoms with E-state index in [2.05, 4.69) is 22.0 Å². The number of methoxy groups -OCH3 is 1. The minimum absolute atomic E-state index is 0.445. The molecule has 4 atom stereocenters. The molecule has 2 bridgehead atoms. The second-order valence-electron chi connectivity index (χ2n) is 7.55. The van der Waals surface area contributed by atoms with Crippen molar-refractivity contribution in [3.8, 4) is 24.0 Å². The van der Waals surface area contributed by atoms with Gasteiger partial charge in [0.05, 0.1) is 31.2 Å². The molecular formula is C23H17BrN4O3. The Morgan fingerprint density at radius 2 is 1.74 bits per heavy atom. The molecule has 4 rings (SSSR count). The molecule has 0 amide bonds.